The molecule has 0 bridgehead atoms. The Labute approximate surface area is 85.8 Å². The maximum atomic E-state index is 10.9. The maximum Gasteiger partial charge on any atom is 0.148 e. The highest BCUT2D eigenvalue weighted by Gasteiger charge is 2.20. The summed E-state index contributed by atoms with van der Waals surface area (Å²) in [5.41, 5.74) is 0. The van der Waals surface area contributed by atoms with E-state index >= 15 is 0 Å². The molecule has 0 aromatic heterocycles. The first kappa shape index (κ1) is 11.9. The van der Waals surface area contributed by atoms with Crippen LogP contribution in [0.15, 0.2) is 0 Å². The van der Waals surface area contributed by atoms with Gasteiger partial charge in [0.1, 0.15) is 9.84 Å². The van der Waals surface area contributed by atoms with Crippen LogP contribution in [0, 0.1) is 5.92 Å². The van der Waals surface area contributed by atoms with Crippen LogP contribution in [0.4, 0.5) is 0 Å². The summed E-state index contributed by atoms with van der Waals surface area (Å²) < 4.78 is 21.9. The molecule has 0 N–H and O–H groups in total. The molecule has 1 heterocycles. The van der Waals surface area contributed by atoms with Crippen LogP contribution in [0.25, 0.3) is 0 Å². The zero-order chi connectivity index (χ0) is 10.6. The van der Waals surface area contributed by atoms with Crippen molar-refractivity contribution in [2.45, 2.75) is 12.8 Å². The van der Waals surface area contributed by atoms with E-state index in [0.29, 0.717) is 6.54 Å². The van der Waals surface area contributed by atoms with Gasteiger partial charge in [-0.15, -0.1) is 0 Å². The molecule has 4 nitrogen and oxygen atoms in total. The molecule has 0 amide bonds. The molecule has 1 rings (SSSR count). The molecule has 0 aromatic rings. The molecule has 1 aliphatic rings. The highest BCUT2D eigenvalue weighted by atomic mass is 32.2. The van der Waals surface area contributed by atoms with E-state index in [-0.39, 0.29) is 18.3 Å². The van der Waals surface area contributed by atoms with E-state index < -0.39 is 9.84 Å². The lowest BCUT2D eigenvalue weighted by atomic mass is 9.99. The van der Waals surface area contributed by atoms with Crippen LogP contribution in [0.2, 0.25) is 0 Å². The number of sulfone groups is 1. The van der Waals surface area contributed by atoms with E-state index in [1.807, 2.05) is 0 Å². The predicted octanol–water partition coefficient (Wildman–Crippen LogP) is 0.174. The summed E-state index contributed by atoms with van der Waals surface area (Å²) in [6.45, 7) is 2.26. The van der Waals surface area contributed by atoms with Crippen LogP contribution < -0.4 is 0 Å². The van der Waals surface area contributed by atoms with Gasteiger partial charge in [-0.05, 0) is 25.3 Å². The van der Waals surface area contributed by atoms with Gasteiger partial charge in [0.25, 0.3) is 0 Å². The fourth-order valence-corrected chi connectivity index (χ4v) is 2.38. The molecule has 0 spiro atoms. The van der Waals surface area contributed by atoms with Crippen molar-refractivity contribution in [3.8, 4) is 0 Å². The summed E-state index contributed by atoms with van der Waals surface area (Å²) in [7, 11) is -2.87. The standard InChI is InChI=1S/C9H18NO3S/c1-14(12,13)6-5-10-4-2-3-9(7-10)8-11/h9H,2-8H2,1H3. The van der Waals surface area contributed by atoms with E-state index in [0.717, 1.165) is 25.9 Å². The second-order valence-corrected chi connectivity index (χ2v) is 6.37. The first-order valence-corrected chi connectivity index (χ1v) is 7.05. The Morgan fingerprint density at radius 3 is 2.71 bits per heavy atom. The van der Waals surface area contributed by atoms with Gasteiger partial charge in [0.15, 0.2) is 0 Å². The Bertz CT molecular complexity index is 263. The van der Waals surface area contributed by atoms with Gasteiger partial charge in [-0.25, -0.2) is 13.5 Å². The van der Waals surface area contributed by atoms with Gasteiger partial charge < -0.3 is 4.90 Å². The zero-order valence-electron chi connectivity index (χ0n) is 8.61. The third kappa shape index (κ3) is 4.39. The third-order valence-corrected chi connectivity index (χ3v) is 3.54. The number of likely N-dealkylation sites (tertiary alicyclic amines) is 1. The van der Waals surface area contributed by atoms with Crippen molar-refractivity contribution in [3.05, 3.63) is 0 Å². The number of hydrogen-bond acceptors (Lipinski definition) is 3. The quantitative estimate of drug-likeness (QED) is 0.679. The third-order valence-electron chi connectivity index (χ3n) is 2.62. The molecule has 1 saturated heterocycles. The lowest BCUT2D eigenvalue weighted by molar-refractivity contribution is 0.0854. The van der Waals surface area contributed by atoms with Crippen molar-refractivity contribution in [1.82, 2.24) is 4.90 Å². The first-order chi connectivity index (χ1) is 6.51. The fraction of sp³-hybridized carbons (Fsp3) is 1.00. The molecule has 1 atom stereocenters. The second-order valence-electron chi connectivity index (χ2n) is 4.11. The number of hydrogen-bond donors (Lipinski definition) is 0. The summed E-state index contributed by atoms with van der Waals surface area (Å²) in [6, 6.07) is 0. The lowest BCUT2D eigenvalue weighted by Crippen LogP contribution is -2.39. The van der Waals surface area contributed by atoms with Gasteiger partial charge in [0, 0.05) is 19.3 Å². The highest BCUT2D eigenvalue weighted by molar-refractivity contribution is 7.90. The Balaban J connectivity index is 2.31. The van der Waals surface area contributed by atoms with Crippen LogP contribution in [-0.4, -0.2) is 51.6 Å². The van der Waals surface area contributed by atoms with E-state index in [1.54, 1.807) is 0 Å². The minimum atomic E-state index is -2.87. The van der Waals surface area contributed by atoms with Crippen molar-refractivity contribution in [1.29, 1.82) is 0 Å². The van der Waals surface area contributed by atoms with Gasteiger partial charge in [-0.3, -0.25) is 0 Å². The molecular weight excluding hydrogens is 202 g/mol. The van der Waals surface area contributed by atoms with Gasteiger partial charge in [-0.1, -0.05) is 0 Å². The molecule has 83 valence electrons. The summed E-state index contributed by atoms with van der Waals surface area (Å²) in [4.78, 5) is 2.09. The topological polar surface area (TPSA) is 57.3 Å². The largest absolute Gasteiger partial charge is 0.302 e. The molecule has 1 fully saturated rings. The average molecular weight is 220 g/mol. The Morgan fingerprint density at radius 1 is 1.43 bits per heavy atom. The van der Waals surface area contributed by atoms with Crippen LogP contribution in [-0.2, 0) is 14.9 Å². The molecule has 5 heteroatoms. The molecular formula is C9H18NO3S. The van der Waals surface area contributed by atoms with Crippen LogP contribution in [0.5, 0.6) is 0 Å². The molecule has 1 radical (unpaired) electrons. The molecule has 0 saturated carbocycles. The zero-order valence-corrected chi connectivity index (χ0v) is 9.42. The van der Waals surface area contributed by atoms with E-state index in [4.69, 9.17) is 0 Å². The Hall–Kier alpha value is -0.130. The maximum absolute atomic E-state index is 10.9. The Morgan fingerprint density at radius 2 is 2.14 bits per heavy atom. The van der Waals surface area contributed by atoms with Gasteiger partial charge in [0.05, 0.1) is 12.4 Å². The monoisotopic (exact) mass is 220 g/mol. The molecule has 14 heavy (non-hydrogen) atoms. The van der Waals surface area contributed by atoms with E-state index in [1.165, 1.54) is 6.26 Å². The normalized spacial score (nSPS) is 25.1. The minimum Gasteiger partial charge on any atom is -0.302 e. The van der Waals surface area contributed by atoms with Crippen LogP contribution in [0.1, 0.15) is 12.8 Å². The van der Waals surface area contributed by atoms with Crippen LogP contribution >= 0.6 is 0 Å². The van der Waals surface area contributed by atoms with Gasteiger partial charge in [0.2, 0.25) is 0 Å². The summed E-state index contributed by atoms with van der Waals surface area (Å²) in [5.74, 6) is 0.432. The van der Waals surface area contributed by atoms with Crippen LogP contribution in [0.3, 0.4) is 0 Å². The van der Waals surface area contributed by atoms with Crippen molar-refractivity contribution >= 4 is 9.84 Å². The fourth-order valence-electron chi connectivity index (χ4n) is 1.79. The second kappa shape index (κ2) is 5.09. The molecule has 0 aromatic carbocycles. The smallest absolute Gasteiger partial charge is 0.148 e. The number of nitrogens with zero attached hydrogens (tertiary/aromatic N) is 1. The van der Waals surface area contributed by atoms with Gasteiger partial charge >= 0.3 is 0 Å². The van der Waals surface area contributed by atoms with Crippen molar-refractivity contribution in [2.24, 2.45) is 5.92 Å². The molecule has 0 aliphatic carbocycles. The minimum absolute atomic E-state index is 0.0324. The average Bonchev–Trinajstić information content (AvgIpc) is 2.14. The van der Waals surface area contributed by atoms with Crippen molar-refractivity contribution in [3.63, 3.8) is 0 Å². The first-order valence-electron chi connectivity index (χ1n) is 4.99. The van der Waals surface area contributed by atoms with Gasteiger partial charge in [-0.2, -0.15) is 0 Å². The number of rotatable bonds is 4. The predicted molar refractivity (Wildman–Crippen MR) is 54.4 cm³/mol. The van der Waals surface area contributed by atoms with Crippen molar-refractivity contribution in [2.75, 3.05) is 38.2 Å². The summed E-state index contributed by atoms with van der Waals surface area (Å²) in [5, 5.41) is 10.7. The SMILES string of the molecule is CS(=O)(=O)CCN1CCCC(C[O])C1. The Kier molecular flexibility index (Phi) is 4.34. The summed E-state index contributed by atoms with van der Waals surface area (Å²) in [6.07, 6.45) is 3.28. The summed E-state index contributed by atoms with van der Waals surface area (Å²) >= 11 is 0. The molecule has 1 unspecified atom stereocenters. The lowest BCUT2D eigenvalue weighted by Gasteiger charge is -2.31. The van der Waals surface area contributed by atoms with E-state index in [2.05, 4.69) is 4.90 Å². The van der Waals surface area contributed by atoms with E-state index in [9.17, 15) is 13.5 Å². The number of piperidine rings is 1. The van der Waals surface area contributed by atoms with Crippen molar-refractivity contribution < 1.29 is 13.5 Å². The highest BCUT2D eigenvalue weighted by Crippen LogP contribution is 2.15. The molecule has 1 aliphatic heterocycles.